The molecule has 1 N–H and O–H groups in total. The van der Waals surface area contributed by atoms with E-state index in [4.69, 9.17) is 4.74 Å². The maximum atomic E-state index is 11.8. The third-order valence-electron chi connectivity index (χ3n) is 3.42. The van der Waals surface area contributed by atoms with E-state index in [1.54, 1.807) is 0 Å². The molecule has 1 fully saturated rings. The van der Waals surface area contributed by atoms with Crippen LogP contribution in [-0.4, -0.2) is 43.7 Å². The Hall–Kier alpha value is -1.39. The highest BCUT2D eigenvalue weighted by molar-refractivity contribution is 5.91. The highest BCUT2D eigenvalue weighted by Crippen LogP contribution is 2.13. The van der Waals surface area contributed by atoms with Gasteiger partial charge in [0.05, 0.1) is 6.10 Å². The van der Waals surface area contributed by atoms with Gasteiger partial charge < -0.3 is 15.0 Å². The number of likely N-dealkylation sites (tertiary alicyclic amines) is 1. The summed E-state index contributed by atoms with van der Waals surface area (Å²) < 4.78 is 5.66. The Kier molecular flexibility index (Phi) is 4.93. The number of carbonyl (C=O) groups excluding carboxylic acids is 1. The molecule has 1 aromatic carbocycles. The third kappa shape index (κ3) is 4.65. The zero-order valence-electron chi connectivity index (χ0n) is 11.7. The van der Waals surface area contributed by atoms with E-state index >= 15 is 0 Å². The quantitative estimate of drug-likeness (QED) is 0.903. The number of hydrogen-bond acceptors (Lipinski definition) is 3. The predicted molar refractivity (Wildman–Crippen MR) is 76.3 cm³/mol. The maximum absolute atomic E-state index is 11.8. The molecule has 0 atom stereocenters. The number of hydrogen-bond donors (Lipinski definition) is 1. The lowest BCUT2D eigenvalue weighted by molar-refractivity contribution is -0.123. The molecule has 0 radical (unpaired) electrons. The zero-order chi connectivity index (χ0) is 13.7. The van der Waals surface area contributed by atoms with Gasteiger partial charge in [-0.2, -0.15) is 0 Å². The summed E-state index contributed by atoms with van der Waals surface area (Å²) in [6, 6.07) is 7.78. The molecule has 1 aliphatic rings. The van der Waals surface area contributed by atoms with Gasteiger partial charge in [0, 0.05) is 18.8 Å². The molecular formula is C15H22N2O2. The van der Waals surface area contributed by atoms with Crippen molar-refractivity contribution in [1.82, 2.24) is 4.90 Å². The molecule has 1 saturated heterocycles. The first-order chi connectivity index (χ1) is 9.13. The summed E-state index contributed by atoms with van der Waals surface area (Å²) in [7, 11) is 2.11. The lowest BCUT2D eigenvalue weighted by Gasteiger charge is -2.28. The van der Waals surface area contributed by atoms with Gasteiger partial charge >= 0.3 is 0 Å². The van der Waals surface area contributed by atoms with Crippen LogP contribution < -0.4 is 5.32 Å². The van der Waals surface area contributed by atoms with Crippen LogP contribution in [0.1, 0.15) is 18.4 Å². The largest absolute Gasteiger partial charge is 0.368 e. The number of nitrogens with zero attached hydrogens (tertiary/aromatic N) is 1. The van der Waals surface area contributed by atoms with Crippen molar-refractivity contribution in [3.8, 4) is 0 Å². The van der Waals surface area contributed by atoms with Gasteiger partial charge in [0.1, 0.15) is 6.61 Å². The standard InChI is InChI=1S/C15H22N2O2/c1-12-4-3-5-13(10-12)16-15(18)11-19-14-6-8-17(2)9-7-14/h3-5,10,14H,6-9,11H2,1-2H3,(H,16,18). The molecule has 0 bridgehead atoms. The van der Waals surface area contributed by atoms with Crippen LogP contribution in [0.3, 0.4) is 0 Å². The fourth-order valence-corrected chi connectivity index (χ4v) is 2.26. The summed E-state index contributed by atoms with van der Waals surface area (Å²) in [5.41, 5.74) is 1.96. The van der Waals surface area contributed by atoms with Gasteiger partial charge in [0.15, 0.2) is 0 Å². The Labute approximate surface area is 114 Å². The van der Waals surface area contributed by atoms with Crippen molar-refractivity contribution < 1.29 is 9.53 Å². The first-order valence-electron chi connectivity index (χ1n) is 6.80. The summed E-state index contributed by atoms with van der Waals surface area (Å²) in [6.07, 6.45) is 2.24. The van der Waals surface area contributed by atoms with E-state index in [2.05, 4.69) is 17.3 Å². The maximum Gasteiger partial charge on any atom is 0.250 e. The summed E-state index contributed by atoms with van der Waals surface area (Å²) in [6.45, 7) is 4.24. The second-order valence-electron chi connectivity index (χ2n) is 5.23. The van der Waals surface area contributed by atoms with Crippen molar-refractivity contribution in [2.75, 3.05) is 32.1 Å². The molecule has 0 unspecified atom stereocenters. The average Bonchev–Trinajstić information content (AvgIpc) is 2.38. The van der Waals surface area contributed by atoms with Crippen LogP contribution in [0.4, 0.5) is 5.69 Å². The SMILES string of the molecule is Cc1cccc(NC(=O)COC2CCN(C)CC2)c1. The highest BCUT2D eigenvalue weighted by Gasteiger charge is 2.17. The molecule has 0 saturated carbocycles. The van der Waals surface area contributed by atoms with Gasteiger partial charge in [-0.15, -0.1) is 0 Å². The molecule has 0 aliphatic carbocycles. The van der Waals surface area contributed by atoms with E-state index in [1.165, 1.54) is 0 Å². The van der Waals surface area contributed by atoms with E-state index in [-0.39, 0.29) is 18.6 Å². The minimum Gasteiger partial charge on any atom is -0.368 e. The van der Waals surface area contributed by atoms with Crippen molar-refractivity contribution in [2.24, 2.45) is 0 Å². The monoisotopic (exact) mass is 262 g/mol. The van der Waals surface area contributed by atoms with Gasteiger partial charge in [-0.3, -0.25) is 4.79 Å². The molecular weight excluding hydrogens is 240 g/mol. The number of ether oxygens (including phenoxy) is 1. The van der Waals surface area contributed by atoms with Crippen molar-refractivity contribution in [3.05, 3.63) is 29.8 Å². The molecule has 104 valence electrons. The third-order valence-corrected chi connectivity index (χ3v) is 3.42. The van der Waals surface area contributed by atoms with Crippen molar-refractivity contribution in [3.63, 3.8) is 0 Å². The molecule has 1 amide bonds. The number of amides is 1. The summed E-state index contributed by atoms with van der Waals surface area (Å²) in [5, 5.41) is 2.86. The first kappa shape index (κ1) is 14.0. The Bertz CT molecular complexity index is 426. The highest BCUT2D eigenvalue weighted by atomic mass is 16.5. The number of aryl methyl sites for hydroxylation is 1. The number of benzene rings is 1. The molecule has 0 spiro atoms. The molecule has 19 heavy (non-hydrogen) atoms. The van der Waals surface area contributed by atoms with Gasteiger partial charge in [-0.1, -0.05) is 12.1 Å². The molecule has 1 heterocycles. The molecule has 0 aromatic heterocycles. The molecule has 4 nitrogen and oxygen atoms in total. The van der Waals surface area contributed by atoms with E-state index in [0.717, 1.165) is 37.2 Å². The lowest BCUT2D eigenvalue weighted by Crippen LogP contribution is -2.35. The second-order valence-corrected chi connectivity index (χ2v) is 5.23. The molecule has 1 aromatic rings. The fourth-order valence-electron chi connectivity index (χ4n) is 2.26. The van der Waals surface area contributed by atoms with Gasteiger partial charge in [-0.05, 0) is 44.5 Å². The van der Waals surface area contributed by atoms with Gasteiger partial charge in [0.25, 0.3) is 0 Å². The van der Waals surface area contributed by atoms with Gasteiger partial charge in [-0.25, -0.2) is 0 Å². The molecule has 1 aliphatic heterocycles. The topological polar surface area (TPSA) is 41.6 Å². The summed E-state index contributed by atoms with van der Waals surface area (Å²) in [4.78, 5) is 14.1. The summed E-state index contributed by atoms with van der Waals surface area (Å²) >= 11 is 0. The summed E-state index contributed by atoms with van der Waals surface area (Å²) in [5.74, 6) is -0.0791. The van der Waals surface area contributed by atoms with Crippen molar-refractivity contribution in [1.29, 1.82) is 0 Å². The number of anilines is 1. The minimum absolute atomic E-state index is 0.0791. The predicted octanol–water partition coefficient (Wildman–Crippen LogP) is 2.04. The van der Waals surface area contributed by atoms with E-state index in [0.29, 0.717) is 0 Å². The van der Waals surface area contributed by atoms with E-state index < -0.39 is 0 Å². The van der Waals surface area contributed by atoms with Crippen LogP contribution in [0, 0.1) is 6.92 Å². The van der Waals surface area contributed by atoms with Crippen LogP contribution in [0.15, 0.2) is 24.3 Å². The van der Waals surface area contributed by atoms with E-state index in [9.17, 15) is 4.79 Å². The normalized spacial score (nSPS) is 17.4. The first-order valence-corrected chi connectivity index (χ1v) is 6.80. The Morgan fingerprint density at radius 1 is 1.42 bits per heavy atom. The van der Waals surface area contributed by atoms with Crippen LogP contribution in [0.2, 0.25) is 0 Å². The number of rotatable bonds is 4. The lowest BCUT2D eigenvalue weighted by atomic mass is 10.1. The molecule has 2 rings (SSSR count). The number of carbonyl (C=O) groups is 1. The van der Waals surface area contributed by atoms with Gasteiger partial charge in [0.2, 0.25) is 5.91 Å². The number of nitrogens with one attached hydrogen (secondary N) is 1. The second kappa shape index (κ2) is 6.68. The Balaban J connectivity index is 1.73. The van der Waals surface area contributed by atoms with Crippen LogP contribution in [-0.2, 0) is 9.53 Å². The zero-order valence-corrected chi connectivity index (χ0v) is 11.7. The fraction of sp³-hybridized carbons (Fsp3) is 0.533. The minimum atomic E-state index is -0.0791. The van der Waals surface area contributed by atoms with Crippen LogP contribution >= 0.6 is 0 Å². The Morgan fingerprint density at radius 3 is 2.84 bits per heavy atom. The van der Waals surface area contributed by atoms with Crippen LogP contribution in [0.25, 0.3) is 0 Å². The van der Waals surface area contributed by atoms with Crippen molar-refractivity contribution >= 4 is 11.6 Å². The van der Waals surface area contributed by atoms with E-state index in [1.807, 2.05) is 31.2 Å². The number of piperidine rings is 1. The Morgan fingerprint density at radius 2 is 2.16 bits per heavy atom. The van der Waals surface area contributed by atoms with Crippen molar-refractivity contribution in [2.45, 2.75) is 25.9 Å². The smallest absolute Gasteiger partial charge is 0.250 e. The molecule has 4 heteroatoms. The van der Waals surface area contributed by atoms with Crippen LogP contribution in [0.5, 0.6) is 0 Å². The average molecular weight is 262 g/mol.